The summed E-state index contributed by atoms with van der Waals surface area (Å²) in [6.45, 7) is 0.541. The van der Waals surface area contributed by atoms with Crippen LogP contribution >= 0.6 is 11.3 Å². The first-order chi connectivity index (χ1) is 9.29. The third-order valence-electron chi connectivity index (χ3n) is 2.41. The van der Waals surface area contributed by atoms with Crippen LogP contribution in [0.1, 0.15) is 15.3 Å². The van der Waals surface area contributed by atoms with Gasteiger partial charge in [-0.05, 0) is 18.2 Å². The van der Waals surface area contributed by atoms with Crippen molar-refractivity contribution in [2.75, 3.05) is 6.61 Å². The van der Waals surface area contributed by atoms with Gasteiger partial charge in [-0.3, -0.25) is 0 Å². The van der Waals surface area contributed by atoms with Gasteiger partial charge in [0.15, 0.2) is 0 Å². The fourth-order valence-electron chi connectivity index (χ4n) is 1.53. The second-order valence-electron chi connectivity index (χ2n) is 3.81. The highest BCUT2D eigenvalue weighted by atomic mass is 32.1. The standard InChI is InChI=1S/C15H13FO2S/c16-15-6-2-1-4-12(15)10-18-11-14-8-7-13(19-14)5-3-9-17/h1-2,4,6-8,17H,9-11H2. The molecule has 1 heterocycles. The topological polar surface area (TPSA) is 29.5 Å². The van der Waals surface area contributed by atoms with Gasteiger partial charge in [0.25, 0.3) is 0 Å². The number of hydrogen-bond donors (Lipinski definition) is 1. The number of hydrogen-bond acceptors (Lipinski definition) is 3. The highest BCUT2D eigenvalue weighted by molar-refractivity contribution is 7.12. The monoisotopic (exact) mass is 276 g/mol. The minimum atomic E-state index is -0.247. The summed E-state index contributed by atoms with van der Waals surface area (Å²) in [5.74, 6) is 5.18. The van der Waals surface area contributed by atoms with Gasteiger partial charge in [0.1, 0.15) is 12.4 Å². The fourth-order valence-corrected chi connectivity index (χ4v) is 2.35. The number of aliphatic hydroxyl groups excluding tert-OH is 1. The van der Waals surface area contributed by atoms with Crippen molar-refractivity contribution in [2.24, 2.45) is 0 Å². The van der Waals surface area contributed by atoms with Gasteiger partial charge in [0.2, 0.25) is 0 Å². The van der Waals surface area contributed by atoms with E-state index < -0.39 is 0 Å². The van der Waals surface area contributed by atoms with E-state index >= 15 is 0 Å². The van der Waals surface area contributed by atoms with Crippen LogP contribution in [0.2, 0.25) is 0 Å². The average molecular weight is 276 g/mol. The van der Waals surface area contributed by atoms with E-state index in [0.717, 1.165) is 9.75 Å². The molecule has 2 rings (SSSR count). The summed E-state index contributed by atoms with van der Waals surface area (Å²) in [4.78, 5) is 1.91. The molecule has 4 heteroatoms. The van der Waals surface area contributed by atoms with Gasteiger partial charge < -0.3 is 9.84 Å². The van der Waals surface area contributed by atoms with Crippen molar-refractivity contribution in [3.63, 3.8) is 0 Å². The summed E-state index contributed by atoms with van der Waals surface area (Å²) in [6, 6.07) is 10.4. The Morgan fingerprint density at radius 2 is 2.00 bits per heavy atom. The number of aliphatic hydroxyl groups is 1. The van der Waals surface area contributed by atoms with Gasteiger partial charge >= 0.3 is 0 Å². The smallest absolute Gasteiger partial charge is 0.128 e. The van der Waals surface area contributed by atoms with Crippen molar-refractivity contribution < 1.29 is 14.2 Å². The van der Waals surface area contributed by atoms with Crippen molar-refractivity contribution >= 4 is 11.3 Å². The fraction of sp³-hybridized carbons (Fsp3) is 0.200. The number of halogens is 1. The van der Waals surface area contributed by atoms with Gasteiger partial charge in [-0.1, -0.05) is 30.0 Å². The van der Waals surface area contributed by atoms with E-state index in [2.05, 4.69) is 11.8 Å². The van der Waals surface area contributed by atoms with Gasteiger partial charge in [-0.2, -0.15) is 0 Å². The molecule has 2 nitrogen and oxygen atoms in total. The first-order valence-corrected chi connectivity index (χ1v) is 6.61. The zero-order chi connectivity index (χ0) is 13.5. The molecule has 0 atom stereocenters. The van der Waals surface area contributed by atoms with Crippen LogP contribution in [0.15, 0.2) is 36.4 Å². The highest BCUT2D eigenvalue weighted by Gasteiger charge is 2.02. The normalized spacial score (nSPS) is 10.0. The van der Waals surface area contributed by atoms with Crippen molar-refractivity contribution in [3.05, 3.63) is 57.5 Å². The van der Waals surface area contributed by atoms with E-state index in [1.807, 2.05) is 12.1 Å². The molecule has 0 fully saturated rings. The molecule has 98 valence electrons. The summed E-state index contributed by atoms with van der Waals surface area (Å²) in [5, 5.41) is 8.60. The number of benzene rings is 1. The lowest BCUT2D eigenvalue weighted by molar-refractivity contribution is 0.107. The third-order valence-corrected chi connectivity index (χ3v) is 3.39. The molecule has 0 radical (unpaired) electrons. The van der Waals surface area contributed by atoms with Crippen LogP contribution in [-0.2, 0) is 18.0 Å². The van der Waals surface area contributed by atoms with Gasteiger partial charge in [0, 0.05) is 10.4 Å². The molecule has 0 bridgehead atoms. The van der Waals surface area contributed by atoms with E-state index in [9.17, 15) is 4.39 Å². The Morgan fingerprint density at radius 3 is 2.79 bits per heavy atom. The highest BCUT2D eigenvalue weighted by Crippen LogP contribution is 2.17. The van der Waals surface area contributed by atoms with Crippen LogP contribution in [-0.4, -0.2) is 11.7 Å². The Balaban J connectivity index is 1.86. The predicted molar refractivity (Wildman–Crippen MR) is 73.2 cm³/mol. The Labute approximate surface area is 115 Å². The molecule has 0 aliphatic rings. The summed E-state index contributed by atoms with van der Waals surface area (Å²) >= 11 is 1.51. The zero-order valence-corrected chi connectivity index (χ0v) is 11.0. The molecule has 1 N–H and O–H groups in total. The molecule has 0 unspecified atom stereocenters. The largest absolute Gasteiger partial charge is 0.384 e. The van der Waals surface area contributed by atoms with Crippen molar-refractivity contribution in [1.82, 2.24) is 0 Å². The second kappa shape index (κ2) is 7.05. The number of ether oxygens (including phenoxy) is 1. The molecular formula is C15H13FO2S. The van der Waals surface area contributed by atoms with Crippen molar-refractivity contribution in [1.29, 1.82) is 0 Å². The summed E-state index contributed by atoms with van der Waals surface area (Å²) in [5.41, 5.74) is 0.555. The van der Waals surface area contributed by atoms with Crippen molar-refractivity contribution in [3.8, 4) is 11.8 Å². The first-order valence-electron chi connectivity index (χ1n) is 5.79. The van der Waals surface area contributed by atoms with Crippen LogP contribution in [0.4, 0.5) is 4.39 Å². The molecule has 0 spiro atoms. The molecule has 0 amide bonds. The van der Waals surface area contributed by atoms with E-state index in [4.69, 9.17) is 9.84 Å². The number of rotatable bonds is 4. The van der Waals surface area contributed by atoms with Gasteiger partial charge in [-0.25, -0.2) is 4.39 Å². The summed E-state index contributed by atoms with van der Waals surface area (Å²) < 4.78 is 18.8. The molecule has 1 aromatic carbocycles. The molecule has 19 heavy (non-hydrogen) atoms. The number of thiophene rings is 1. The van der Waals surface area contributed by atoms with E-state index in [0.29, 0.717) is 12.2 Å². The Kier molecular flexibility index (Phi) is 5.10. The minimum Gasteiger partial charge on any atom is -0.384 e. The Bertz CT molecular complexity index is 595. The minimum absolute atomic E-state index is 0.142. The van der Waals surface area contributed by atoms with Crippen LogP contribution < -0.4 is 0 Å². The summed E-state index contributed by atoms with van der Waals surface area (Å²) in [6.07, 6.45) is 0. The molecule has 0 aliphatic carbocycles. The van der Waals surface area contributed by atoms with Crippen LogP contribution in [0, 0.1) is 17.7 Å². The van der Waals surface area contributed by atoms with Crippen molar-refractivity contribution in [2.45, 2.75) is 13.2 Å². The first kappa shape index (κ1) is 13.8. The molecule has 2 aromatic rings. The van der Waals surface area contributed by atoms with E-state index in [1.54, 1.807) is 18.2 Å². The third kappa shape index (κ3) is 4.18. The lowest BCUT2D eigenvalue weighted by atomic mass is 10.2. The molecule has 1 aromatic heterocycles. The van der Waals surface area contributed by atoms with Crippen LogP contribution in [0.3, 0.4) is 0 Å². The zero-order valence-electron chi connectivity index (χ0n) is 10.2. The molecule has 0 saturated heterocycles. The van der Waals surface area contributed by atoms with Crippen LogP contribution in [0.25, 0.3) is 0 Å². The quantitative estimate of drug-likeness (QED) is 0.870. The Hall–Kier alpha value is -1.67. The molecule has 0 saturated carbocycles. The molecule has 0 aliphatic heterocycles. The van der Waals surface area contributed by atoms with E-state index in [1.165, 1.54) is 17.4 Å². The van der Waals surface area contributed by atoms with Gasteiger partial charge in [-0.15, -0.1) is 11.3 Å². The lowest BCUT2D eigenvalue weighted by Crippen LogP contribution is -1.95. The van der Waals surface area contributed by atoms with E-state index in [-0.39, 0.29) is 19.0 Å². The maximum absolute atomic E-state index is 13.3. The lowest BCUT2D eigenvalue weighted by Gasteiger charge is -2.03. The SMILES string of the molecule is OCC#Cc1ccc(COCc2ccccc2F)s1. The van der Waals surface area contributed by atoms with Crippen LogP contribution in [0.5, 0.6) is 0 Å². The second-order valence-corrected chi connectivity index (χ2v) is 4.98. The maximum Gasteiger partial charge on any atom is 0.128 e. The maximum atomic E-state index is 13.3. The Morgan fingerprint density at radius 1 is 1.16 bits per heavy atom. The predicted octanol–water partition coefficient (Wildman–Crippen LogP) is 2.95. The average Bonchev–Trinajstić information content (AvgIpc) is 2.86. The van der Waals surface area contributed by atoms with Gasteiger partial charge in [0.05, 0.1) is 18.1 Å². The summed E-state index contributed by atoms with van der Waals surface area (Å²) in [7, 11) is 0. The molecular weight excluding hydrogens is 263 g/mol.